The van der Waals surface area contributed by atoms with E-state index in [0.29, 0.717) is 5.56 Å². The molecule has 1 aromatic rings. The molecule has 4 heteroatoms. The van der Waals surface area contributed by atoms with E-state index in [2.05, 4.69) is 25.2 Å². The minimum Gasteiger partial charge on any atom is -0.396 e. The van der Waals surface area contributed by atoms with Gasteiger partial charge in [0, 0.05) is 18.0 Å². The maximum atomic E-state index is 9.26. The number of benzene rings is 1. The third-order valence-corrected chi connectivity index (χ3v) is 3.91. The van der Waals surface area contributed by atoms with E-state index in [-0.39, 0.29) is 12.0 Å². The zero-order chi connectivity index (χ0) is 14.3. The van der Waals surface area contributed by atoms with Crippen LogP contribution >= 0.6 is 11.8 Å². The van der Waals surface area contributed by atoms with Crippen LogP contribution in [0.25, 0.3) is 0 Å². The highest BCUT2D eigenvalue weighted by Crippen LogP contribution is 2.28. The van der Waals surface area contributed by atoms with Crippen LogP contribution in [0.3, 0.4) is 0 Å². The van der Waals surface area contributed by atoms with E-state index in [9.17, 15) is 5.26 Å². The van der Waals surface area contributed by atoms with Crippen molar-refractivity contribution in [3.63, 3.8) is 0 Å². The van der Waals surface area contributed by atoms with Crippen LogP contribution in [0.5, 0.6) is 0 Å². The Kier molecular flexibility index (Phi) is 6.20. The quantitative estimate of drug-likeness (QED) is 0.750. The Bertz CT molecular complexity index is 452. The number of aliphatic hydroxyl groups excluding tert-OH is 1. The fourth-order valence-electron chi connectivity index (χ4n) is 1.94. The summed E-state index contributed by atoms with van der Waals surface area (Å²) in [7, 11) is 0. The molecule has 0 aliphatic carbocycles. The van der Waals surface area contributed by atoms with E-state index in [1.54, 1.807) is 11.8 Å². The van der Waals surface area contributed by atoms with Crippen LogP contribution in [-0.4, -0.2) is 24.5 Å². The van der Waals surface area contributed by atoms with E-state index in [0.717, 1.165) is 30.0 Å². The summed E-state index contributed by atoms with van der Waals surface area (Å²) in [6.45, 7) is 5.36. The fraction of sp³-hybridized carbons (Fsp3) is 0.533. The molecule has 0 saturated heterocycles. The molecule has 0 aromatic heterocycles. The zero-order valence-corrected chi connectivity index (χ0v) is 12.7. The minimum absolute atomic E-state index is 0.102. The number of aliphatic hydroxyl groups is 1. The van der Waals surface area contributed by atoms with Gasteiger partial charge >= 0.3 is 0 Å². The number of nitriles is 1. The number of nitrogens with one attached hydrogen (secondary N) is 1. The highest BCUT2D eigenvalue weighted by atomic mass is 32.2. The Morgan fingerprint density at radius 3 is 2.74 bits per heavy atom. The summed E-state index contributed by atoms with van der Waals surface area (Å²) in [6.07, 6.45) is 3.75. The summed E-state index contributed by atoms with van der Waals surface area (Å²) >= 11 is 1.59. The highest BCUT2D eigenvalue weighted by Gasteiger charge is 2.18. The van der Waals surface area contributed by atoms with Crippen LogP contribution in [0.15, 0.2) is 23.1 Å². The van der Waals surface area contributed by atoms with Gasteiger partial charge in [-0.3, -0.25) is 0 Å². The van der Waals surface area contributed by atoms with Crippen molar-refractivity contribution in [3.05, 3.63) is 23.8 Å². The predicted octanol–water partition coefficient (Wildman–Crippen LogP) is 3.49. The molecule has 0 bridgehead atoms. The maximum Gasteiger partial charge on any atom is 0.102 e. The monoisotopic (exact) mass is 278 g/mol. The number of anilines is 1. The van der Waals surface area contributed by atoms with Crippen molar-refractivity contribution in [2.45, 2.75) is 31.6 Å². The molecule has 1 aromatic carbocycles. The van der Waals surface area contributed by atoms with Gasteiger partial charge in [-0.25, -0.2) is 0 Å². The zero-order valence-electron chi connectivity index (χ0n) is 11.9. The molecule has 0 fully saturated rings. The number of thioether (sulfide) groups is 1. The van der Waals surface area contributed by atoms with E-state index < -0.39 is 0 Å². The van der Waals surface area contributed by atoms with Crippen LogP contribution in [0.2, 0.25) is 0 Å². The molecular weight excluding hydrogens is 256 g/mol. The highest BCUT2D eigenvalue weighted by molar-refractivity contribution is 7.98. The summed E-state index contributed by atoms with van der Waals surface area (Å²) < 4.78 is 0. The van der Waals surface area contributed by atoms with E-state index in [1.807, 2.05) is 24.5 Å². The van der Waals surface area contributed by atoms with Crippen molar-refractivity contribution < 1.29 is 5.11 Å². The second-order valence-electron chi connectivity index (χ2n) is 5.34. The Labute approximate surface area is 120 Å². The fourth-order valence-corrected chi connectivity index (χ4v) is 2.52. The normalized spacial score (nSPS) is 11.1. The number of hydrogen-bond donors (Lipinski definition) is 2. The van der Waals surface area contributed by atoms with Gasteiger partial charge in [0.05, 0.1) is 11.3 Å². The number of hydrogen-bond acceptors (Lipinski definition) is 4. The van der Waals surface area contributed by atoms with Crippen LogP contribution < -0.4 is 5.32 Å². The molecule has 104 valence electrons. The molecule has 0 atom stereocenters. The van der Waals surface area contributed by atoms with E-state index in [4.69, 9.17) is 5.11 Å². The second-order valence-corrected chi connectivity index (χ2v) is 6.19. The standard InChI is InChI=1S/C15H22N2OS/c1-15(2,8-5-9-18)11-17-13-6-4-7-14(19-3)12(13)10-16/h4,6-7,17-18H,5,8-9,11H2,1-3H3. The van der Waals surface area contributed by atoms with Crippen molar-refractivity contribution >= 4 is 17.4 Å². The SMILES string of the molecule is CSc1cccc(NCC(C)(C)CCCO)c1C#N. The van der Waals surface area contributed by atoms with E-state index in [1.165, 1.54) is 0 Å². The van der Waals surface area contributed by atoms with Gasteiger partial charge in [0.2, 0.25) is 0 Å². The van der Waals surface area contributed by atoms with Gasteiger partial charge in [0.1, 0.15) is 6.07 Å². The molecule has 3 nitrogen and oxygen atoms in total. The first-order valence-corrected chi connectivity index (χ1v) is 7.68. The molecule has 0 saturated carbocycles. The van der Waals surface area contributed by atoms with Gasteiger partial charge in [0.25, 0.3) is 0 Å². The largest absolute Gasteiger partial charge is 0.396 e. The average molecular weight is 278 g/mol. The number of rotatable bonds is 7. The van der Waals surface area contributed by atoms with E-state index >= 15 is 0 Å². The van der Waals surface area contributed by atoms with Crippen LogP contribution in [0.4, 0.5) is 5.69 Å². The Balaban J connectivity index is 2.75. The molecule has 0 heterocycles. The third kappa shape index (κ3) is 4.77. The molecule has 19 heavy (non-hydrogen) atoms. The van der Waals surface area contributed by atoms with Gasteiger partial charge in [-0.1, -0.05) is 19.9 Å². The molecule has 0 unspecified atom stereocenters. The van der Waals surface area contributed by atoms with Crippen molar-refractivity contribution in [1.82, 2.24) is 0 Å². The Morgan fingerprint density at radius 1 is 1.42 bits per heavy atom. The molecular formula is C15H22N2OS. The smallest absolute Gasteiger partial charge is 0.102 e. The lowest BCUT2D eigenvalue weighted by Crippen LogP contribution is -2.23. The topological polar surface area (TPSA) is 56.0 Å². The molecule has 0 spiro atoms. The van der Waals surface area contributed by atoms with Gasteiger partial charge in [0.15, 0.2) is 0 Å². The lowest BCUT2D eigenvalue weighted by molar-refractivity contribution is 0.248. The van der Waals surface area contributed by atoms with Gasteiger partial charge in [-0.05, 0) is 36.6 Å². The van der Waals surface area contributed by atoms with Gasteiger partial charge < -0.3 is 10.4 Å². The molecule has 0 aliphatic rings. The average Bonchev–Trinajstić information content (AvgIpc) is 2.42. The lowest BCUT2D eigenvalue weighted by atomic mass is 9.88. The first-order valence-electron chi connectivity index (χ1n) is 6.46. The second kappa shape index (κ2) is 7.42. The number of nitrogens with zero attached hydrogens (tertiary/aromatic N) is 1. The van der Waals surface area contributed by atoms with Crippen LogP contribution in [-0.2, 0) is 0 Å². The summed E-state index contributed by atoms with van der Waals surface area (Å²) in [4.78, 5) is 1.00. The maximum absolute atomic E-state index is 9.26. The van der Waals surface area contributed by atoms with Crippen molar-refractivity contribution in [1.29, 1.82) is 5.26 Å². The predicted molar refractivity (Wildman–Crippen MR) is 81.5 cm³/mol. The summed E-state index contributed by atoms with van der Waals surface area (Å²) in [5.74, 6) is 0. The Morgan fingerprint density at radius 2 is 2.16 bits per heavy atom. The molecule has 0 aliphatic heterocycles. The first-order chi connectivity index (χ1) is 9.04. The minimum atomic E-state index is 0.102. The summed E-state index contributed by atoms with van der Waals surface area (Å²) in [5.41, 5.74) is 1.71. The van der Waals surface area contributed by atoms with Crippen molar-refractivity contribution in [2.75, 3.05) is 24.7 Å². The third-order valence-electron chi connectivity index (χ3n) is 3.13. The molecule has 2 N–H and O–H groups in total. The van der Waals surface area contributed by atoms with Gasteiger partial charge in [-0.15, -0.1) is 11.8 Å². The van der Waals surface area contributed by atoms with Crippen LogP contribution in [0.1, 0.15) is 32.3 Å². The lowest BCUT2D eigenvalue weighted by Gasteiger charge is -2.25. The van der Waals surface area contributed by atoms with Crippen LogP contribution in [0, 0.1) is 16.7 Å². The first kappa shape index (κ1) is 15.9. The summed E-state index contributed by atoms with van der Waals surface area (Å²) in [6, 6.07) is 8.15. The molecule has 1 rings (SSSR count). The van der Waals surface area contributed by atoms with Gasteiger partial charge in [-0.2, -0.15) is 5.26 Å². The Hall–Kier alpha value is -1.18. The molecule has 0 radical (unpaired) electrons. The molecule has 0 amide bonds. The summed E-state index contributed by atoms with van der Waals surface area (Å²) in [5, 5.41) is 21.5. The van der Waals surface area contributed by atoms with Crippen molar-refractivity contribution in [2.24, 2.45) is 5.41 Å². The van der Waals surface area contributed by atoms with Crippen molar-refractivity contribution in [3.8, 4) is 6.07 Å².